The molecule has 0 aliphatic heterocycles. The summed E-state index contributed by atoms with van der Waals surface area (Å²) in [6.07, 6.45) is 2.25. The lowest BCUT2D eigenvalue weighted by atomic mass is 10.2. The van der Waals surface area contributed by atoms with Crippen LogP contribution >= 0.6 is 0 Å². The molecule has 0 bridgehead atoms. The summed E-state index contributed by atoms with van der Waals surface area (Å²) in [5.74, 6) is -0.332. The minimum atomic E-state index is -0.956. The zero-order chi connectivity index (χ0) is 12.4. The Morgan fingerprint density at radius 3 is 2.88 bits per heavy atom. The van der Waals surface area contributed by atoms with Crippen molar-refractivity contribution in [3.05, 3.63) is 30.0 Å². The fraction of sp³-hybridized carbons (Fsp3) is 0.167. The van der Waals surface area contributed by atoms with Gasteiger partial charge in [0.25, 0.3) is 0 Å². The molecule has 5 nitrogen and oxygen atoms in total. The van der Waals surface area contributed by atoms with Crippen molar-refractivity contribution >= 4 is 23.2 Å². The van der Waals surface area contributed by atoms with Gasteiger partial charge in [-0.05, 0) is 12.1 Å². The predicted octanol–water partition coefficient (Wildman–Crippen LogP) is 1.55. The molecule has 0 aliphatic rings. The van der Waals surface area contributed by atoms with Gasteiger partial charge in [0.05, 0.1) is 12.6 Å². The van der Waals surface area contributed by atoms with Crippen LogP contribution in [0.3, 0.4) is 0 Å². The van der Waals surface area contributed by atoms with Crippen molar-refractivity contribution in [3.8, 4) is 5.75 Å². The van der Waals surface area contributed by atoms with Gasteiger partial charge in [-0.15, -0.1) is 0 Å². The lowest BCUT2D eigenvalue weighted by molar-refractivity contribution is -0.137. The van der Waals surface area contributed by atoms with Gasteiger partial charge in [-0.1, -0.05) is 0 Å². The number of aromatic nitrogens is 1. The van der Waals surface area contributed by atoms with Gasteiger partial charge in [0.15, 0.2) is 6.29 Å². The third kappa shape index (κ3) is 1.99. The van der Waals surface area contributed by atoms with Gasteiger partial charge < -0.3 is 14.4 Å². The highest BCUT2D eigenvalue weighted by Crippen LogP contribution is 2.24. The molecule has 2 rings (SSSR count). The van der Waals surface area contributed by atoms with Crippen LogP contribution < -0.4 is 4.74 Å². The molecule has 1 aromatic carbocycles. The van der Waals surface area contributed by atoms with Crippen LogP contribution in [0.4, 0.5) is 0 Å². The van der Waals surface area contributed by atoms with Crippen LogP contribution in [0.2, 0.25) is 0 Å². The van der Waals surface area contributed by atoms with Gasteiger partial charge in [-0.3, -0.25) is 9.59 Å². The molecule has 5 heteroatoms. The zero-order valence-corrected chi connectivity index (χ0v) is 9.21. The molecule has 0 unspecified atom stereocenters. The van der Waals surface area contributed by atoms with Gasteiger partial charge >= 0.3 is 5.97 Å². The molecule has 2 aromatic rings. The molecule has 0 radical (unpaired) electrons. The molecule has 0 aliphatic carbocycles. The number of aldehydes is 1. The number of carboxylic acids is 1. The number of hydrogen-bond acceptors (Lipinski definition) is 3. The molecule has 0 saturated carbocycles. The van der Waals surface area contributed by atoms with Crippen LogP contribution in [0.25, 0.3) is 10.9 Å². The van der Waals surface area contributed by atoms with Crippen molar-refractivity contribution in [2.45, 2.75) is 6.54 Å². The summed E-state index contributed by atoms with van der Waals surface area (Å²) in [5.41, 5.74) is 1.15. The van der Waals surface area contributed by atoms with Crippen LogP contribution in [0.1, 0.15) is 10.4 Å². The standard InChI is InChI=1S/C12H11NO4/c1-17-9-2-3-10-8(7-14)5-13(6-12(15)16)11(10)4-9/h2-5,7H,6H2,1H3,(H,15,16). The van der Waals surface area contributed by atoms with E-state index in [0.717, 1.165) is 5.39 Å². The number of hydrogen-bond donors (Lipinski definition) is 1. The van der Waals surface area contributed by atoms with Crippen LogP contribution in [0.5, 0.6) is 5.75 Å². The number of benzene rings is 1. The third-order valence-electron chi connectivity index (χ3n) is 2.55. The van der Waals surface area contributed by atoms with Gasteiger partial charge in [-0.25, -0.2) is 0 Å². The number of carbonyl (C=O) groups is 2. The topological polar surface area (TPSA) is 68.5 Å². The van der Waals surface area contributed by atoms with Crippen molar-refractivity contribution in [2.24, 2.45) is 0 Å². The SMILES string of the molecule is COc1ccc2c(C=O)cn(CC(=O)O)c2c1. The van der Waals surface area contributed by atoms with E-state index >= 15 is 0 Å². The lowest BCUT2D eigenvalue weighted by Crippen LogP contribution is -2.07. The Balaban J connectivity index is 2.65. The lowest BCUT2D eigenvalue weighted by Gasteiger charge is -2.03. The predicted molar refractivity (Wildman–Crippen MR) is 61.5 cm³/mol. The molecular weight excluding hydrogens is 222 g/mol. The van der Waals surface area contributed by atoms with E-state index in [2.05, 4.69) is 0 Å². The largest absolute Gasteiger partial charge is 0.497 e. The van der Waals surface area contributed by atoms with E-state index in [1.807, 2.05) is 0 Å². The molecule has 0 spiro atoms. The Labute approximate surface area is 97.2 Å². The highest BCUT2D eigenvalue weighted by molar-refractivity contribution is 5.98. The maximum absolute atomic E-state index is 10.9. The number of aliphatic carboxylic acids is 1. The summed E-state index contributed by atoms with van der Waals surface area (Å²) in [6.45, 7) is -0.183. The molecule has 1 N–H and O–H groups in total. The number of nitrogens with zero attached hydrogens (tertiary/aromatic N) is 1. The fourth-order valence-electron chi connectivity index (χ4n) is 1.80. The first-order valence-electron chi connectivity index (χ1n) is 4.99. The molecular formula is C12H11NO4. The minimum Gasteiger partial charge on any atom is -0.497 e. The van der Waals surface area contributed by atoms with Crippen LogP contribution in [0.15, 0.2) is 24.4 Å². The second-order valence-corrected chi connectivity index (χ2v) is 3.61. The van der Waals surface area contributed by atoms with E-state index in [1.165, 1.54) is 17.9 Å². The smallest absolute Gasteiger partial charge is 0.323 e. The van der Waals surface area contributed by atoms with E-state index in [9.17, 15) is 9.59 Å². The summed E-state index contributed by atoms with van der Waals surface area (Å²) >= 11 is 0. The highest BCUT2D eigenvalue weighted by Gasteiger charge is 2.10. The fourth-order valence-corrected chi connectivity index (χ4v) is 1.80. The summed E-state index contributed by atoms with van der Waals surface area (Å²) in [4.78, 5) is 21.6. The van der Waals surface area contributed by atoms with Gasteiger partial charge in [0.2, 0.25) is 0 Å². The summed E-state index contributed by atoms with van der Waals surface area (Å²) < 4.78 is 6.59. The molecule has 0 amide bonds. The number of carboxylic acid groups (broad SMARTS) is 1. The zero-order valence-electron chi connectivity index (χ0n) is 9.21. The van der Waals surface area contributed by atoms with Gasteiger partial charge in [0, 0.05) is 23.2 Å². The summed E-state index contributed by atoms with van der Waals surface area (Å²) in [6, 6.07) is 5.20. The van der Waals surface area contributed by atoms with E-state index in [1.54, 1.807) is 18.2 Å². The molecule has 88 valence electrons. The van der Waals surface area contributed by atoms with Crippen LogP contribution in [-0.2, 0) is 11.3 Å². The van der Waals surface area contributed by atoms with Crippen molar-refractivity contribution in [1.82, 2.24) is 4.57 Å². The number of methoxy groups -OCH3 is 1. The van der Waals surface area contributed by atoms with E-state index in [0.29, 0.717) is 23.1 Å². The first-order chi connectivity index (χ1) is 8.15. The molecule has 0 atom stereocenters. The molecule has 1 heterocycles. The Morgan fingerprint density at radius 2 is 2.29 bits per heavy atom. The number of fused-ring (bicyclic) bond motifs is 1. The van der Waals surface area contributed by atoms with Crippen molar-refractivity contribution in [1.29, 1.82) is 0 Å². The maximum atomic E-state index is 10.9. The average Bonchev–Trinajstić information content (AvgIpc) is 2.66. The monoisotopic (exact) mass is 233 g/mol. The van der Waals surface area contributed by atoms with E-state index < -0.39 is 5.97 Å². The normalized spacial score (nSPS) is 10.4. The number of ether oxygens (including phenoxy) is 1. The Hall–Kier alpha value is -2.30. The molecule has 17 heavy (non-hydrogen) atoms. The molecule has 1 aromatic heterocycles. The average molecular weight is 233 g/mol. The second-order valence-electron chi connectivity index (χ2n) is 3.61. The number of rotatable bonds is 4. The first-order valence-corrected chi connectivity index (χ1v) is 4.99. The highest BCUT2D eigenvalue weighted by atomic mass is 16.5. The Kier molecular flexibility index (Phi) is 2.82. The third-order valence-corrected chi connectivity index (χ3v) is 2.55. The molecule has 0 saturated heterocycles. The Bertz CT molecular complexity index is 585. The second kappa shape index (κ2) is 4.29. The quantitative estimate of drug-likeness (QED) is 0.813. The first kappa shape index (κ1) is 11.2. The van der Waals surface area contributed by atoms with Crippen molar-refractivity contribution < 1.29 is 19.4 Å². The van der Waals surface area contributed by atoms with Crippen molar-refractivity contribution in [2.75, 3.05) is 7.11 Å². The van der Waals surface area contributed by atoms with E-state index in [-0.39, 0.29) is 6.54 Å². The van der Waals surface area contributed by atoms with Crippen molar-refractivity contribution in [3.63, 3.8) is 0 Å². The molecule has 0 fully saturated rings. The maximum Gasteiger partial charge on any atom is 0.323 e. The minimum absolute atomic E-state index is 0.183. The van der Waals surface area contributed by atoms with Gasteiger partial charge in [-0.2, -0.15) is 0 Å². The summed E-state index contributed by atoms with van der Waals surface area (Å²) in [7, 11) is 1.53. The summed E-state index contributed by atoms with van der Waals surface area (Å²) in [5, 5.41) is 9.52. The Morgan fingerprint density at radius 1 is 1.53 bits per heavy atom. The van der Waals surface area contributed by atoms with Crippen LogP contribution in [0, 0.1) is 0 Å². The van der Waals surface area contributed by atoms with Crippen LogP contribution in [-0.4, -0.2) is 29.0 Å². The van der Waals surface area contributed by atoms with E-state index in [4.69, 9.17) is 9.84 Å². The van der Waals surface area contributed by atoms with Gasteiger partial charge in [0.1, 0.15) is 12.3 Å². The number of carbonyl (C=O) groups excluding carboxylic acids is 1.